The maximum absolute atomic E-state index is 14.2. The Balaban J connectivity index is 0.654. The van der Waals surface area contributed by atoms with Crippen LogP contribution in [0.4, 0.5) is 26.0 Å². The van der Waals surface area contributed by atoms with E-state index >= 15 is 0 Å². The van der Waals surface area contributed by atoms with Crippen molar-refractivity contribution in [3.8, 4) is 10.4 Å². The zero-order valence-electron chi connectivity index (χ0n) is 49.7. The third kappa shape index (κ3) is 17.4. The smallest absolute Gasteiger partial charge is 0.258 e. The van der Waals surface area contributed by atoms with E-state index in [-0.39, 0.29) is 61.1 Å². The predicted molar refractivity (Wildman–Crippen MR) is 330 cm³/mol. The fourth-order valence-electron chi connectivity index (χ4n) is 12.0. The Morgan fingerprint density at radius 2 is 1.53 bits per heavy atom. The number of hydrogen-bond donors (Lipinski definition) is 5. The molecular weight excluding hydrogens is 1100 g/mol. The highest BCUT2D eigenvalue weighted by Crippen LogP contribution is 2.36. The summed E-state index contributed by atoms with van der Waals surface area (Å²) in [6, 6.07) is 22.4. The number of aromatic nitrogens is 3. The quantitative estimate of drug-likeness (QED) is 0.0306. The summed E-state index contributed by atoms with van der Waals surface area (Å²) in [6.45, 7) is 13.0. The number of nitrogens with zero attached hydrogens (tertiary/aromatic N) is 5. The molecule has 5 heterocycles. The molecule has 3 saturated heterocycles. The molecule has 19 heteroatoms. The summed E-state index contributed by atoms with van der Waals surface area (Å²) in [6.07, 6.45) is 9.30. The van der Waals surface area contributed by atoms with Gasteiger partial charge in [0, 0.05) is 113 Å². The number of halogens is 2. The molecule has 0 radical (unpaired) electrons. The van der Waals surface area contributed by atoms with Gasteiger partial charge in [-0.25, -0.2) is 13.8 Å². The van der Waals surface area contributed by atoms with Crippen molar-refractivity contribution in [2.75, 3.05) is 74.6 Å². The van der Waals surface area contributed by atoms with Crippen LogP contribution in [0.5, 0.6) is 0 Å². The summed E-state index contributed by atoms with van der Waals surface area (Å²) in [5.74, 6) is -2.08. The molecule has 0 aliphatic carbocycles. The van der Waals surface area contributed by atoms with Crippen LogP contribution in [0.1, 0.15) is 137 Å². The van der Waals surface area contributed by atoms with E-state index in [2.05, 4.69) is 40.9 Å². The number of aryl methyl sites for hydroxylation is 2. The first-order chi connectivity index (χ1) is 40.9. The molecule has 3 aliphatic heterocycles. The number of hydrogen-bond acceptors (Lipinski definition) is 13. The maximum Gasteiger partial charge on any atom is 0.258 e. The zero-order valence-corrected chi connectivity index (χ0v) is 50.5. The Labute approximate surface area is 501 Å². The van der Waals surface area contributed by atoms with E-state index in [0.717, 1.165) is 96.8 Å². The van der Waals surface area contributed by atoms with Gasteiger partial charge in [0.15, 0.2) is 11.6 Å². The van der Waals surface area contributed by atoms with E-state index in [4.69, 9.17) is 4.74 Å². The molecule has 0 spiro atoms. The molecule has 3 atom stereocenters. The lowest BCUT2D eigenvalue weighted by molar-refractivity contribution is -0.145. The summed E-state index contributed by atoms with van der Waals surface area (Å²) in [7, 11) is 0. The molecule has 2 aromatic heterocycles. The van der Waals surface area contributed by atoms with Crippen LogP contribution in [0.15, 0.2) is 84.4 Å². The number of benzene rings is 4. The number of ketones is 2. The molecule has 9 rings (SSSR count). The summed E-state index contributed by atoms with van der Waals surface area (Å²) >= 11 is 1.60. The highest BCUT2D eigenvalue weighted by atomic mass is 32.1. The first-order valence-corrected chi connectivity index (χ1v) is 31.3. The van der Waals surface area contributed by atoms with Gasteiger partial charge in [0.2, 0.25) is 11.8 Å². The second kappa shape index (κ2) is 29.4. The number of likely N-dealkylation sites (tertiary alicyclic amines) is 1. The van der Waals surface area contributed by atoms with Gasteiger partial charge >= 0.3 is 0 Å². The fourth-order valence-corrected chi connectivity index (χ4v) is 12.8. The third-order valence-electron chi connectivity index (χ3n) is 16.9. The Bertz CT molecular complexity index is 3240. The topological polar surface area (TPSA) is 202 Å². The summed E-state index contributed by atoms with van der Waals surface area (Å²) in [4.78, 5) is 79.7. The summed E-state index contributed by atoms with van der Waals surface area (Å²) in [5, 5.41) is 28.5. The average molecular weight is 1180 g/mol. The van der Waals surface area contributed by atoms with Crippen molar-refractivity contribution >= 4 is 68.7 Å². The lowest BCUT2D eigenvalue weighted by Gasteiger charge is -2.36. The predicted octanol–water partition coefficient (Wildman–Crippen LogP) is 10.9. The molecule has 6 aromatic rings. The monoisotopic (exact) mass is 1180 g/mol. The van der Waals surface area contributed by atoms with Crippen LogP contribution in [0.3, 0.4) is 0 Å². The number of amides is 3. The number of thiazole rings is 1. The van der Waals surface area contributed by atoms with E-state index < -0.39 is 35.1 Å². The van der Waals surface area contributed by atoms with Crippen LogP contribution in [0.2, 0.25) is 0 Å². The minimum Gasteiger partial charge on any atom is -0.391 e. The maximum atomic E-state index is 14.2. The number of carbonyl (C=O) groups is 5. The van der Waals surface area contributed by atoms with Crippen molar-refractivity contribution in [3.05, 3.63) is 124 Å². The number of rotatable bonds is 27. The lowest BCUT2D eigenvalue weighted by atomic mass is 9.76. The molecule has 454 valence electrons. The van der Waals surface area contributed by atoms with Crippen molar-refractivity contribution in [2.24, 2.45) is 11.3 Å². The molecule has 4 aromatic carbocycles. The van der Waals surface area contributed by atoms with Gasteiger partial charge < -0.3 is 35.6 Å². The Morgan fingerprint density at radius 1 is 0.824 bits per heavy atom. The molecule has 16 nitrogen and oxygen atoms in total. The highest BCUT2D eigenvalue weighted by Gasteiger charge is 2.44. The number of nitrogens with one attached hydrogen (secondary N) is 4. The van der Waals surface area contributed by atoms with Crippen LogP contribution < -0.4 is 20.9 Å². The van der Waals surface area contributed by atoms with Gasteiger partial charge in [0.1, 0.15) is 17.4 Å². The van der Waals surface area contributed by atoms with Crippen molar-refractivity contribution in [1.29, 1.82) is 0 Å². The number of piperazine rings is 1. The number of anilines is 3. The second-order valence-electron chi connectivity index (χ2n) is 24.4. The number of aliphatic hydroxyl groups excluding tert-OH is 1. The molecule has 3 amide bonds. The van der Waals surface area contributed by atoms with Crippen LogP contribution in [-0.4, -0.2) is 137 Å². The first-order valence-electron chi connectivity index (χ1n) is 30.4. The Morgan fingerprint density at radius 3 is 2.24 bits per heavy atom. The Kier molecular flexibility index (Phi) is 21.7. The lowest BCUT2D eigenvalue weighted by Crippen LogP contribution is -2.49. The van der Waals surface area contributed by atoms with Crippen molar-refractivity contribution in [2.45, 2.75) is 142 Å². The number of β-amino-alcohol motifs (C(OH)–C–C–N with tert-alkyl or cyclic N) is 1. The summed E-state index contributed by atoms with van der Waals surface area (Å²) < 4.78 is 33.5. The number of carbonyl (C=O) groups excluding carboxylic acids is 5. The number of aliphatic hydroxyl groups is 1. The molecule has 3 fully saturated rings. The van der Waals surface area contributed by atoms with Gasteiger partial charge in [-0.05, 0) is 116 Å². The molecule has 0 saturated carbocycles. The first kappa shape index (κ1) is 62.6. The van der Waals surface area contributed by atoms with E-state index in [1.807, 2.05) is 93.9 Å². The van der Waals surface area contributed by atoms with Gasteiger partial charge in [-0.3, -0.25) is 34.0 Å². The van der Waals surface area contributed by atoms with Crippen LogP contribution in [-0.2, 0) is 36.8 Å². The van der Waals surface area contributed by atoms with Crippen LogP contribution in [0.25, 0.3) is 21.3 Å². The number of aromatic amines is 1. The van der Waals surface area contributed by atoms with Gasteiger partial charge in [-0.2, -0.15) is 5.10 Å². The minimum absolute atomic E-state index is 0.0114. The van der Waals surface area contributed by atoms with E-state index in [0.29, 0.717) is 105 Å². The largest absolute Gasteiger partial charge is 0.391 e. The summed E-state index contributed by atoms with van der Waals surface area (Å²) in [5.41, 5.74) is 8.60. The van der Waals surface area contributed by atoms with Crippen molar-refractivity contribution < 1.29 is 42.6 Å². The second-order valence-corrected chi connectivity index (χ2v) is 25.3. The van der Waals surface area contributed by atoms with E-state index in [1.54, 1.807) is 16.2 Å². The number of H-pyrrole nitrogens is 1. The highest BCUT2D eigenvalue weighted by molar-refractivity contribution is 7.13. The molecule has 0 unspecified atom stereocenters. The molecule has 3 aliphatic rings. The zero-order chi connectivity index (χ0) is 60.0. The van der Waals surface area contributed by atoms with Gasteiger partial charge in [0.05, 0.1) is 45.9 Å². The number of fused-ring (bicyclic) bond motifs is 1. The number of Topliss-reactive ketones (excluding diaryl/α,β-unsaturated/α-hetero) is 2. The Hall–Kier alpha value is -6.93. The normalized spacial score (nSPS) is 17.3. The van der Waals surface area contributed by atoms with E-state index in [1.165, 1.54) is 12.1 Å². The van der Waals surface area contributed by atoms with Crippen molar-refractivity contribution in [1.82, 2.24) is 30.3 Å². The van der Waals surface area contributed by atoms with Gasteiger partial charge in [-0.1, -0.05) is 83.2 Å². The van der Waals surface area contributed by atoms with Gasteiger partial charge in [0.25, 0.3) is 5.91 Å². The van der Waals surface area contributed by atoms with E-state index in [9.17, 15) is 37.9 Å². The minimum atomic E-state index is -0.782. The van der Waals surface area contributed by atoms with Crippen LogP contribution in [0, 0.1) is 29.9 Å². The SMILES string of the molecule is Cc1ncsc1-c1ccc(CCC(=O)[C@@H]2C[C@@H](O)CN2C(=O)[C@@H](CC(=O)CCCCCCCCCNC(=O)CN2CCN(c3ccc(C(=O)Nc4n[nH]c5ccc(Cc6cc(F)cc(F)c6)cc45)c(NC4CCOCC4)c3)CC2)C(C)(C)C)cc1. The average Bonchev–Trinajstić information content (AvgIpc) is 3.42. The molecular formula is C66H83F2N9O7S. The number of ether oxygens (including phenoxy) is 1. The third-order valence-corrected chi connectivity index (χ3v) is 17.9. The molecule has 0 bridgehead atoms. The standard InChI is InChI=1S/C66H83F2N9O7S/c1-43-62(85-42-70-43)47-17-13-44(14-18-47)16-22-60(80)59-39-53(79)40-77(59)65(83)56(66(2,3)4)38-52(78)12-10-8-6-5-7-9-11-25-69-61(81)41-75-26-28-76(29-27-75)51-19-20-54(58(37-51)71-50-23-30-84-31-24-50)64(82)72-63-55-35-45(15-21-57(55)73-74-63)32-46-33-48(67)36-49(68)34-46/h13-15,17-21,33-37,42,50,53,56,59,71,79H,5-12,16,22-32,38-41H2,1-4H3,(H,69,81)(H2,72,73,74,82)/t53-,56-,59+/m1/s1. The number of unbranched alkanes of at least 4 members (excludes halogenated alkanes) is 6. The van der Waals surface area contributed by atoms with Crippen molar-refractivity contribution in [3.63, 3.8) is 0 Å². The molecule has 5 N–H and O–H groups in total. The van der Waals surface area contributed by atoms with Gasteiger partial charge in [-0.15, -0.1) is 11.3 Å². The molecule has 85 heavy (non-hydrogen) atoms. The fraction of sp³-hybridized carbons (Fsp3) is 0.500. The van der Waals surface area contributed by atoms with Crippen LogP contribution >= 0.6 is 11.3 Å².